The average Bonchev–Trinajstić information content (AvgIpc) is 2.85. The highest BCUT2D eigenvalue weighted by molar-refractivity contribution is 5.65. The van der Waals surface area contributed by atoms with Crippen molar-refractivity contribution < 1.29 is 13.2 Å². The molecule has 3 heteroatoms. The van der Waals surface area contributed by atoms with Crippen molar-refractivity contribution in [2.45, 2.75) is 64.7 Å². The van der Waals surface area contributed by atoms with Crippen LogP contribution in [0.4, 0.5) is 13.2 Å². The molecule has 0 atom stereocenters. The summed E-state index contributed by atoms with van der Waals surface area (Å²) in [6.07, 6.45) is 14.2. The van der Waals surface area contributed by atoms with Crippen LogP contribution >= 0.6 is 0 Å². The number of unbranched alkanes of at least 4 members (excludes halogenated alkanes) is 1. The van der Waals surface area contributed by atoms with Crippen molar-refractivity contribution in [3.8, 4) is 11.1 Å². The van der Waals surface area contributed by atoms with Crippen LogP contribution in [0.3, 0.4) is 0 Å². The van der Waals surface area contributed by atoms with E-state index in [-0.39, 0.29) is 17.8 Å². The maximum absolute atomic E-state index is 15.0. The molecule has 0 saturated heterocycles. The Kier molecular flexibility index (Phi) is 9.56. The highest BCUT2D eigenvalue weighted by Gasteiger charge is 2.22. The number of rotatable bonds is 9. The van der Waals surface area contributed by atoms with Gasteiger partial charge < -0.3 is 0 Å². The zero-order chi connectivity index (χ0) is 24.5. The molecule has 3 rings (SSSR count). The van der Waals surface area contributed by atoms with Crippen LogP contribution in [0.15, 0.2) is 90.6 Å². The molecule has 2 aromatic rings. The second-order valence-corrected chi connectivity index (χ2v) is 9.25. The van der Waals surface area contributed by atoms with Crippen molar-refractivity contribution in [1.29, 1.82) is 0 Å². The molecule has 34 heavy (non-hydrogen) atoms. The van der Waals surface area contributed by atoms with Crippen molar-refractivity contribution >= 4 is 0 Å². The quantitative estimate of drug-likeness (QED) is 0.256. The van der Waals surface area contributed by atoms with Crippen LogP contribution in [0.25, 0.3) is 11.1 Å². The maximum Gasteiger partial charge on any atom is 0.157 e. The Balaban J connectivity index is 1.66. The second kappa shape index (κ2) is 12.6. The van der Waals surface area contributed by atoms with Crippen LogP contribution in [-0.2, 0) is 6.42 Å². The van der Waals surface area contributed by atoms with E-state index >= 15 is 4.39 Å². The van der Waals surface area contributed by atoms with Gasteiger partial charge in [-0.15, -0.1) is 0 Å². The fourth-order valence-corrected chi connectivity index (χ4v) is 4.64. The van der Waals surface area contributed by atoms with Crippen molar-refractivity contribution in [3.05, 3.63) is 108 Å². The molecule has 0 amide bonds. The predicted octanol–water partition coefficient (Wildman–Crippen LogP) is 9.95. The first-order valence-electron chi connectivity index (χ1n) is 12.3. The molecule has 0 bridgehead atoms. The van der Waals surface area contributed by atoms with E-state index in [0.29, 0.717) is 23.0 Å². The lowest BCUT2D eigenvalue weighted by atomic mass is 9.78. The SMILES string of the molecule is C=C/C=C(C)\C(F)=C(\F)Cc1ccc(-c2ccc(C3CCC(/C=C/CCC)CC3)cc2F)cc1. The van der Waals surface area contributed by atoms with Gasteiger partial charge >= 0.3 is 0 Å². The van der Waals surface area contributed by atoms with Crippen molar-refractivity contribution in [1.82, 2.24) is 0 Å². The van der Waals surface area contributed by atoms with Gasteiger partial charge in [0.25, 0.3) is 0 Å². The molecule has 0 spiro atoms. The van der Waals surface area contributed by atoms with Gasteiger partial charge in [0.1, 0.15) is 11.6 Å². The molecule has 1 saturated carbocycles. The Bertz CT molecular complexity index is 1050. The second-order valence-electron chi connectivity index (χ2n) is 9.25. The largest absolute Gasteiger partial charge is 0.208 e. The van der Waals surface area contributed by atoms with E-state index in [1.165, 1.54) is 25.5 Å². The van der Waals surface area contributed by atoms with Gasteiger partial charge in [0.2, 0.25) is 0 Å². The van der Waals surface area contributed by atoms with Gasteiger partial charge in [-0.2, -0.15) is 0 Å². The van der Waals surface area contributed by atoms with E-state index in [1.807, 2.05) is 12.1 Å². The van der Waals surface area contributed by atoms with Crippen molar-refractivity contribution in [2.75, 3.05) is 0 Å². The summed E-state index contributed by atoms with van der Waals surface area (Å²) in [6.45, 7) is 7.19. The van der Waals surface area contributed by atoms with Gasteiger partial charge in [-0.05, 0) is 79.2 Å². The number of halogens is 3. The van der Waals surface area contributed by atoms with E-state index < -0.39 is 11.7 Å². The summed E-state index contributed by atoms with van der Waals surface area (Å²) in [4.78, 5) is 0. The Morgan fingerprint density at radius 3 is 2.35 bits per heavy atom. The molecular weight excluding hydrogens is 429 g/mol. The zero-order valence-electron chi connectivity index (χ0n) is 20.3. The Labute approximate surface area is 202 Å². The summed E-state index contributed by atoms with van der Waals surface area (Å²) in [5.41, 5.74) is 3.15. The summed E-state index contributed by atoms with van der Waals surface area (Å²) < 4.78 is 43.3. The molecule has 0 nitrogen and oxygen atoms in total. The number of hydrogen-bond donors (Lipinski definition) is 0. The maximum atomic E-state index is 15.0. The molecule has 1 aliphatic rings. The normalized spacial score (nSPS) is 19.9. The van der Waals surface area contributed by atoms with Gasteiger partial charge in [0.15, 0.2) is 5.83 Å². The Morgan fingerprint density at radius 1 is 1.03 bits per heavy atom. The molecule has 0 N–H and O–H groups in total. The van der Waals surface area contributed by atoms with Gasteiger partial charge in [-0.3, -0.25) is 0 Å². The van der Waals surface area contributed by atoms with E-state index in [4.69, 9.17) is 0 Å². The summed E-state index contributed by atoms with van der Waals surface area (Å²) >= 11 is 0. The lowest BCUT2D eigenvalue weighted by Gasteiger charge is -2.27. The molecule has 180 valence electrons. The van der Waals surface area contributed by atoms with Gasteiger partial charge in [0, 0.05) is 12.0 Å². The van der Waals surface area contributed by atoms with Crippen LogP contribution in [0, 0.1) is 11.7 Å². The first-order valence-corrected chi connectivity index (χ1v) is 12.3. The van der Waals surface area contributed by atoms with E-state index in [9.17, 15) is 8.78 Å². The lowest BCUT2D eigenvalue weighted by molar-refractivity contribution is 0.374. The lowest BCUT2D eigenvalue weighted by Crippen LogP contribution is -2.12. The molecule has 1 fully saturated rings. The summed E-state index contributed by atoms with van der Waals surface area (Å²) in [7, 11) is 0. The highest BCUT2D eigenvalue weighted by atomic mass is 19.2. The fourth-order valence-electron chi connectivity index (χ4n) is 4.64. The molecule has 0 unspecified atom stereocenters. The van der Waals surface area contributed by atoms with Gasteiger partial charge in [0.05, 0.1) is 0 Å². The first kappa shape index (κ1) is 25.8. The Hall–Kier alpha value is -2.81. The third kappa shape index (κ3) is 6.85. The summed E-state index contributed by atoms with van der Waals surface area (Å²) in [5.74, 6) is -0.867. The summed E-state index contributed by atoms with van der Waals surface area (Å²) in [5, 5.41) is 0. The van der Waals surface area contributed by atoms with Crippen molar-refractivity contribution in [2.24, 2.45) is 5.92 Å². The van der Waals surface area contributed by atoms with Gasteiger partial charge in [-0.25, -0.2) is 13.2 Å². The standard InChI is InChI=1S/C31H35F3/c1-4-6-7-9-23-10-14-25(15-11-23)27-18-19-28(29(32)21-27)26-16-12-24(13-17-26)20-30(33)31(34)22(3)8-5-2/h5,7-9,12-13,16-19,21,23,25H,2,4,6,10-11,14-15,20H2,1,3H3/b9-7+,22-8-,31-30-. The topological polar surface area (TPSA) is 0 Å². The van der Waals surface area contributed by atoms with Crippen LogP contribution in [-0.4, -0.2) is 0 Å². The molecule has 0 heterocycles. The smallest absolute Gasteiger partial charge is 0.157 e. The molecule has 2 aromatic carbocycles. The van der Waals surface area contributed by atoms with Crippen LogP contribution in [0.1, 0.15) is 69.4 Å². The van der Waals surface area contributed by atoms with E-state index in [2.05, 4.69) is 25.7 Å². The van der Waals surface area contributed by atoms with Crippen LogP contribution < -0.4 is 0 Å². The number of benzene rings is 2. The molecule has 0 aromatic heterocycles. The van der Waals surface area contributed by atoms with E-state index in [1.54, 1.807) is 30.3 Å². The Morgan fingerprint density at radius 2 is 1.74 bits per heavy atom. The fraction of sp³-hybridized carbons (Fsp3) is 0.355. The molecular formula is C31H35F3. The monoisotopic (exact) mass is 464 g/mol. The third-order valence-corrected chi connectivity index (χ3v) is 6.68. The molecule has 0 aliphatic heterocycles. The van der Waals surface area contributed by atoms with Crippen LogP contribution in [0.5, 0.6) is 0 Å². The zero-order valence-corrected chi connectivity index (χ0v) is 20.3. The molecule has 0 radical (unpaired) electrons. The van der Waals surface area contributed by atoms with Gasteiger partial charge in [-0.1, -0.05) is 80.6 Å². The highest BCUT2D eigenvalue weighted by Crippen LogP contribution is 2.38. The van der Waals surface area contributed by atoms with Crippen LogP contribution in [0.2, 0.25) is 0 Å². The minimum atomic E-state index is -0.864. The molecule has 1 aliphatic carbocycles. The number of hydrogen-bond acceptors (Lipinski definition) is 0. The van der Waals surface area contributed by atoms with E-state index in [0.717, 1.165) is 43.2 Å². The third-order valence-electron chi connectivity index (χ3n) is 6.68. The summed E-state index contributed by atoms with van der Waals surface area (Å²) in [6, 6.07) is 12.5. The average molecular weight is 465 g/mol. The number of allylic oxidation sites excluding steroid dienone is 7. The minimum absolute atomic E-state index is 0.147. The first-order chi connectivity index (χ1) is 16.4. The predicted molar refractivity (Wildman–Crippen MR) is 137 cm³/mol. The minimum Gasteiger partial charge on any atom is -0.208 e. The van der Waals surface area contributed by atoms with Crippen molar-refractivity contribution in [3.63, 3.8) is 0 Å².